The van der Waals surface area contributed by atoms with Crippen LogP contribution in [0.15, 0.2) is 96.2 Å². The van der Waals surface area contributed by atoms with Gasteiger partial charge in [-0.3, -0.25) is 9.78 Å². The summed E-state index contributed by atoms with van der Waals surface area (Å²) in [4.78, 5) is 19.8. The molecule has 2 aliphatic carbocycles. The van der Waals surface area contributed by atoms with Gasteiger partial charge >= 0.3 is 0 Å². The molecule has 3 atom stereocenters. The second kappa shape index (κ2) is 10.6. The molecule has 1 fully saturated rings. The molecular formula is C31H27F2N3O3S. The van der Waals surface area contributed by atoms with Crippen molar-refractivity contribution in [3.63, 3.8) is 0 Å². The number of aryl methyl sites for hydroxylation is 1. The largest absolute Gasteiger partial charge is 0.308 e. The average molecular weight is 560 g/mol. The summed E-state index contributed by atoms with van der Waals surface area (Å²) in [7, 11) is -3.88. The van der Waals surface area contributed by atoms with Crippen molar-refractivity contribution in [1.29, 1.82) is 0 Å². The van der Waals surface area contributed by atoms with Crippen molar-refractivity contribution >= 4 is 21.6 Å². The van der Waals surface area contributed by atoms with E-state index in [1.165, 1.54) is 24.3 Å². The van der Waals surface area contributed by atoms with Crippen molar-refractivity contribution in [2.45, 2.75) is 42.7 Å². The van der Waals surface area contributed by atoms with E-state index in [0.717, 1.165) is 34.4 Å². The summed E-state index contributed by atoms with van der Waals surface area (Å²) in [5.41, 5.74) is 4.30. The Labute approximate surface area is 231 Å². The number of aromatic nitrogens is 1. The smallest absolute Gasteiger partial charge is 0.241 e. The van der Waals surface area contributed by atoms with Gasteiger partial charge < -0.3 is 4.90 Å². The maximum Gasteiger partial charge on any atom is 0.241 e. The van der Waals surface area contributed by atoms with Gasteiger partial charge in [-0.05, 0) is 102 Å². The van der Waals surface area contributed by atoms with Crippen LogP contribution in [0.25, 0.3) is 0 Å². The van der Waals surface area contributed by atoms with Gasteiger partial charge in [0.15, 0.2) is 0 Å². The molecule has 0 radical (unpaired) electrons. The summed E-state index contributed by atoms with van der Waals surface area (Å²) in [6.45, 7) is 0.310. The first-order valence-electron chi connectivity index (χ1n) is 13.1. The fraction of sp³-hybridized carbons (Fsp3) is 0.226. The molecule has 0 spiro atoms. The molecule has 0 bridgehead atoms. The van der Waals surface area contributed by atoms with Gasteiger partial charge in [-0.25, -0.2) is 21.9 Å². The van der Waals surface area contributed by atoms with Crippen molar-refractivity contribution < 1.29 is 22.0 Å². The summed E-state index contributed by atoms with van der Waals surface area (Å²) >= 11 is 0. The third-order valence-electron chi connectivity index (χ3n) is 7.68. The quantitative estimate of drug-likeness (QED) is 0.302. The Bertz CT molecular complexity index is 1650. The van der Waals surface area contributed by atoms with Crippen LogP contribution in [0.3, 0.4) is 0 Å². The van der Waals surface area contributed by atoms with Gasteiger partial charge in [0.25, 0.3) is 0 Å². The van der Waals surface area contributed by atoms with Crippen LogP contribution in [-0.4, -0.2) is 19.3 Å². The van der Waals surface area contributed by atoms with Crippen LogP contribution in [0, 0.1) is 17.6 Å². The Balaban J connectivity index is 1.28. The molecule has 1 heterocycles. The molecule has 6 nitrogen and oxygen atoms in total. The van der Waals surface area contributed by atoms with E-state index in [1.807, 2.05) is 30.3 Å². The van der Waals surface area contributed by atoms with Crippen molar-refractivity contribution in [1.82, 2.24) is 9.71 Å². The lowest BCUT2D eigenvalue weighted by molar-refractivity contribution is -0.120. The molecule has 4 aromatic rings. The number of anilines is 1. The number of sulfonamides is 1. The zero-order valence-corrected chi connectivity index (χ0v) is 22.3. The Morgan fingerprint density at radius 1 is 0.975 bits per heavy atom. The summed E-state index contributed by atoms with van der Waals surface area (Å²) < 4.78 is 55.6. The zero-order chi connectivity index (χ0) is 27.9. The minimum atomic E-state index is -3.88. The van der Waals surface area contributed by atoms with Gasteiger partial charge in [-0.2, -0.15) is 0 Å². The number of nitrogens with zero attached hydrogens (tertiary/aromatic N) is 2. The highest BCUT2D eigenvalue weighted by atomic mass is 32.2. The predicted octanol–water partition coefficient (Wildman–Crippen LogP) is 5.66. The van der Waals surface area contributed by atoms with Gasteiger partial charge in [0.1, 0.15) is 11.6 Å². The molecule has 0 saturated heterocycles. The molecular weight excluding hydrogens is 532 g/mol. The molecule has 0 aliphatic heterocycles. The number of hydrogen-bond acceptors (Lipinski definition) is 4. The van der Waals surface area contributed by atoms with Crippen molar-refractivity contribution in [2.75, 3.05) is 4.90 Å². The monoisotopic (exact) mass is 559 g/mol. The summed E-state index contributed by atoms with van der Waals surface area (Å²) in [5.74, 6) is -1.07. The first kappa shape index (κ1) is 26.3. The minimum Gasteiger partial charge on any atom is -0.308 e. The molecule has 0 unspecified atom stereocenters. The predicted molar refractivity (Wildman–Crippen MR) is 147 cm³/mol. The van der Waals surface area contributed by atoms with E-state index < -0.39 is 21.9 Å². The van der Waals surface area contributed by atoms with Crippen LogP contribution in [0.2, 0.25) is 0 Å². The number of hydrogen-bond donors (Lipinski definition) is 1. The number of pyridine rings is 1. The second-order valence-corrected chi connectivity index (χ2v) is 12.0. The highest BCUT2D eigenvalue weighted by Crippen LogP contribution is 2.49. The van der Waals surface area contributed by atoms with Gasteiger partial charge in [-0.15, -0.1) is 0 Å². The minimum absolute atomic E-state index is 0.00699. The highest BCUT2D eigenvalue weighted by Gasteiger charge is 2.46. The van der Waals surface area contributed by atoms with Crippen LogP contribution < -0.4 is 9.62 Å². The number of rotatable bonds is 8. The molecule has 3 aromatic carbocycles. The Morgan fingerprint density at radius 3 is 2.40 bits per heavy atom. The molecule has 6 rings (SSSR count). The van der Waals surface area contributed by atoms with E-state index in [2.05, 4.69) is 9.71 Å². The molecule has 40 heavy (non-hydrogen) atoms. The molecule has 1 N–H and O–H groups in total. The van der Waals surface area contributed by atoms with Gasteiger partial charge in [0.2, 0.25) is 15.9 Å². The first-order chi connectivity index (χ1) is 19.3. The topological polar surface area (TPSA) is 79.4 Å². The van der Waals surface area contributed by atoms with Crippen molar-refractivity contribution in [3.05, 3.63) is 125 Å². The molecule has 2 aliphatic rings. The molecule has 204 valence electrons. The second-order valence-electron chi connectivity index (χ2n) is 10.3. The number of amides is 1. The summed E-state index contributed by atoms with van der Waals surface area (Å²) in [6, 6.07) is 20.0. The van der Waals surface area contributed by atoms with Crippen molar-refractivity contribution in [3.8, 4) is 0 Å². The fourth-order valence-corrected chi connectivity index (χ4v) is 6.72. The van der Waals surface area contributed by atoms with E-state index in [4.69, 9.17) is 0 Å². The highest BCUT2D eigenvalue weighted by molar-refractivity contribution is 7.89. The van der Waals surface area contributed by atoms with Crippen LogP contribution in [0.1, 0.15) is 47.1 Å². The molecule has 9 heteroatoms. The number of fused-ring (bicyclic) bond motifs is 1. The zero-order valence-electron chi connectivity index (χ0n) is 21.5. The molecule has 1 amide bonds. The number of carbonyl (C=O) groups is 1. The van der Waals surface area contributed by atoms with E-state index in [0.29, 0.717) is 31.5 Å². The standard InChI is InChI=1S/C31H27F2N3O3S/c32-23-7-3-21(4-8-23)27-17-29(27)31(37)36(19-20-2-1-15-34-18-20)25-11-5-22-6-14-30(28(22)16-25)35-40(38,39)26-12-9-24(33)10-13-26/h1-5,7-13,15-16,18,27,29-30,35H,6,14,17,19H2/t27-,29-,30+/m1/s1. The van der Waals surface area contributed by atoms with E-state index in [1.54, 1.807) is 29.4 Å². The number of carbonyl (C=O) groups excluding carboxylic acids is 1. The Kier molecular flexibility index (Phi) is 6.93. The normalized spacial score (nSPS) is 19.7. The maximum atomic E-state index is 13.9. The number of nitrogens with one attached hydrogen (secondary N) is 1. The van der Waals surface area contributed by atoms with E-state index >= 15 is 0 Å². The lowest BCUT2D eigenvalue weighted by Gasteiger charge is -2.25. The van der Waals surface area contributed by atoms with Crippen LogP contribution in [-0.2, 0) is 27.8 Å². The maximum absolute atomic E-state index is 13.9. The SMILES string of the molecule is O=C([C@@H]1C[C@@H]1c1ccc(F)cc1)N(Cc1cccnc1)c1ccc2c(c1)[C@@H](NS(=O)(=O)c1ccc(F)cc1)CC2. The lowest BCUT2D eigenvalue weighted by atomic mass is 10.1. The van der Waals surface area contributed by atoms with Gasteiger partial charge in [0, 0.05) is 30.0 Å². The third-order valence-corrected chi connectivity index (χ3v) is 9.16. The first-order valence-corrected chi connectivity index (χ1v) is 14.6. The fourth-order valence-electron chi connectivity index (χ4n) is 5.47. The molecule has 1 saturated carbocycles. The lowest BCUT2D eigenvalue weighted by Crippen LogP contribution is -2.32. The van der Waals surface area contributed by atoms with Gasteiger partial charge in [-0.1, -0.05) is 24.3 Å². The van der Waals surface area contributed by atoms with Crippen LogP contribution in [0.5, 0.6) is 0 Å². The molecule has 1 aromatic heterocycles. The van der Waals surface area contributed by atoms with Gasteiger partial charge in [0.05, 0.1) is 11.4 Å². The average Bonchev–Trinajstić information content (AvgIpc) is 3.67. The Hall–Kier alpha value is -3.95. The van der Waals surface area contributed by atoms with E-state index in [9.17, 15) is 22.0 Å². The van der Waals surface area contributed by atoms with E-state index in [-0.39, 0.29) is 28.5 Å². The number of benzene rings is 3. The Morgan fingerprint density at radius 2 is 1.70 bits per heavy atom. The van der Waals surface area contributed by atoms with Crippen LogP contribution >= 0.6 is 0 Å². The summed E-state index contributed by atoms with van der Waals surface area (Å²) in [5, 5.41) is 0. The number of halogens is 2. The van der Waals surface area contributed by atoms with Crippen LogP contribution in [0.4, 0.5) is 14.5 Å². The van der Waals surface area contributed by atoms with Crippen molar-refractivity contribution in [2.24, 2.45) is 5.92 Å². The summed E-state index contributed by atoms with van der Waals surface area (Å²) in [6.07, 6.45) is 5.34. The third kappa shape index (κ3) is 5.39.